The van der Waals surface area contributed by atoms with Crippen LogP contribution in [-0.4, -0.2) is 11.3 Å². The van der Waals surface area contributed by atoms with E-state index in [1.807, 2.05) is 6.08 Å². The highest BCUT2D eigenvalue weighted by molar-refractivity contribution is 7.64. The van der Waals surface area contributed by atoms with Gasteiger partial charge in [0.05, 0.1) is 0 Å². The van der Waals surface area contributed by atoms with Gasteiger partial charge in [-0.25, -0.2) is 0 Å². The summed E-state index contributed by atoms with van der Waals surface area (Å²) in [7, 11) is -0.176. The number of benzene rings is 1. The van der Waals surface area contributed by atoms with Crippen molar-refractivity contribution in [3.63, 3.8) is 0 Å². The molecule has 2 aliphatic carbocycles. The Morgan fingerprint density at radius 1 is 0.857 bits per heavy atom. The summed E-state index contributed by atoms with van der Waals surface area (Å²) < 4.78 is 0. The van der Waals surface area contributed by atoms with Crippen LogP contribution in [0.4, 0.5) is 0 Å². The monoisotopic (exact) mass is 394 g/mol. The van der Waals surface area contributed by atoms with Crippen LogP contribution in [0, 0.1) is 20.8 Å². The van der Waals surface area contributed by atoms with E-state index < -0.39 is 0 Å². The Hall–Kier alpha value is -1.13. The normalized spacial score (nSPS) is 19.8. The molecular weight excluding hydrogens is 355 g/mol. The summed E-state index contributed by atoms with van der Waals surface area (Å²) in [5, 5.41) is 1.46. The molecule has 0 aliphatic heterocycles. The van der Waals surface area contributed by atoms with Crippen LogP contribution >= 0.6 is 7.92 Å². The third-order valence-corrected chi connectivity index (χ3v) is 10.3. The maximum Gasteiger partial charge on any atom is -0.0108 e. The zero-order valence-corrected chi connectivity index (χ0v) is 19.3. The SMILES string of the molecule is C=C/C=C(\C(=C)P(C1CCCCC1)C1CCCCC1)c1c(C)cc(C)cc1C. The van der Waals surface area contributed by atoms with Gasteiger partial charge in [0, 0.05) is 0 Å². The van der Waals surface area contributed by atoms with Crippen molar-refractivity contribution in [3.05, 3.63) is 65.0 Å². The van der Waals surface area contributed by atoms with Gasteiger partial charge in [0.2, 0.25) is 0 Å². The first-order valence-corrected chi connectivity index (χ1v) is 12.9. The molecule has 1 aromatic carbocycles. The fourth-order valence-corrected chi connectivity index (χ4v) is 9.43. The molecule has 1 heteroatoms. The maximum absolute atomic E-state index is 4.82. The zero-order valence-electron chi connectivity index (χ0n) is 18.4. The van der Waals surface area contributed by atoms with Crippen LogP contribution < -0.4 is 0 Å². The second-order valence-electron chi connectivity index (χ2n) is 9.03. The fraction of sp³-hybridized carbons (Fsp3) is 0.556. The predicted octanol–water partition coefficient (Wildman–Crippen LogP) is 8.84. The summed E-state index contributed by atoms with van der Waals surface area (Å²) in [5.41, 5.74) is 8.69. The summed E-state index contributed by atoms with van der Waals surface area (Å²) in [4.78, 5) is 0. The average Bonchev–Trinajstić information content (AvgIpc) is 2.68. The highest BCUT2D eigenvalue weighted by Crippen LogP contribution is 2.63. The molecule has 0 aromatic heterocycles. The minimum absolute atomic E-state index is 0.176. The van der Waals surface area contributed by atoms with E-state index in [1.54, 1.807) is 0 Å². The Kier molecular flexibility index (Phi) is 7.76. The molecular formula is C27H39P. The van der Waals surface area contributed by atoms with Gasteiger partial charge < -0.3 is 0 Å². The Morgan fingerprint density at radius 2 is 1.32 bits per heavy atom. The predicted molar refractivity (Wildman–Crippen MR) is 129 cm³/mol. The van der Waals surface area contributed by atoms with Crippen molar-refractivity contribution in [2.24, 2.45) is 0 Å². The Labute approximate surface area is 175 Å². The van der Waals surface area contributed by atoms with Crippen LogP contribution in [0.1, 0.15) is 86.5 Å². The van der Waals surface area contributed by atoms with E-state index in [4.69, 9.17) is 6.58 Å². The van der Waals surface area contributed by atoms with Crippen molar-refractivity contribution < 1.29 is 0 Å². The first-order valence-electron chi connectivity index (χ1n) is 11.4. The van der Waals surface area contributed by atoms with E-state index in [2.05, 4.69) is 45.6 Å². The van der Waals surface area contributed by atoms with Gasteiger partial charge in [-0.15, -0.1) is 0 Å². The molecule has 0 nitrogen and oxygen atoms in total. The lowest BCUT2D eigenvalue weighted by atomic mass is 9.93. The molecule has 0 N–H and O–H groups in total. The van der Waals surface area contributed by atoms with Gasteiger partial charge in [-0.05, 0) is 85.4 Å². The fourth-order valence-electron chi connectivity index (χ4n) is 5.64. The summed E-state index contributed by atoms with van der Waals surface area (Å²) in [5.74, 6) is 0. The lowest BCUT2D eigenvalue weighted by Gasteiger charge is -2.40. The molecule has 1 aromatic rings. The molecule has 0 heterocycles. The lowest BCUT2D eigenvalue weighted by Crippen LogP contribution is -2.21. The molecule has 0 spiro atoms. The molecule has 0 saturated heterocycles. The number of hydrogen-bond donors (Lipinski definition) is 0. The highest BCUT2D eigenvalue weighted by Gasteiger charge is 2.34. The van der Waals surface area contributed by atoms with Crippen LogP contribution in [0.25, 0.3) is 5.57 Å². The lowest BCUT2D eigenvalue weighted by molar-refractivity contribution is 0.486. The average molecular weight is 395 g/mol. The quantitative estimate of drug-likeness (QED) is 0.334. The van der Waals surface area contributed by atoms with Crippen molar-refractivity contribution in [2.75, 3.05) is 0 Å². The molecule has 0 bridgehead atoms. The number of allylic oxidation sites excluding steroid dienone is 4. The van der Waals surface area contributed by atoms with E-state index in [9.17, 15) is 0 Å². The molecule has 0 radical (unpaired) electrons. The number of aryl methyl sites for hydroxylation is 3. The van der Waals surface area contributed by atoms with Crippen LogP contribution in [0.3, 0.4) is 0 Å². The highest BCUT2D eigenvalue weighted by atomic mass is 31.1. The van der Waals surface area contributed by atoms with E-state index >= 15 is 0 Å². The summed E-state index contributed by atoms with van der Waals surface area (Å²) in [6.45, 7) is 15.6. The van der Waals surface area contributed by atoms with Gasteiger partial charge in [0.25, 0.3) is 0 Å². The molecule has 3 rings (SSSR count). The third kappa shape index (κ3) is 4.88. The van der Waals surface area contributed by atoms with Gasteiger partial charge in [-0.1, -0.05) is 89.5 Å². The molecule has 0 atom stereocenters. The first-order chi connectivity index (χ1) is 13.5. The first kappa shape index (κ1) is 21.6. The van der Waals surface area contributed by atoms with Gasteiger partial charge >= 0.3 is 0 Å². The zero-order chi connectivity index (χ0) is 20.1. The molecule has 152 valence electrons. The smallest absolute Gasteiger partial charge is 0.0108 e. The molecule has 2 saturated carbocycles. The van der Waals surface area contributed by atoms with Crippen LogP contribution in [0.2, 0.25) is 0 Å². The standard InChI is InChI=1S/C27H39P/c1-6-13-26(27-21(3)18-20(2)19-22(27)4)23(5)28(24-14-9-7-10-15-24)25-16-11-8-12-17-25/h6,13,18-19,24-25H,1,5,7-12,14-17H2,2-4H3/b26-13+. The Bertz CT molecular complexity index is 686. The number of hydrogen-bond acceptors (Lipinski definition) is 0. The molecule has 28 heavy (non-hydrogen) atoms. The Morgan fingerprint density at radius 3 is 1.75 bits per heavy atom. The second-order valence-corrected chi connectivity index (χ2v) is 11.8. The van der Waals surface area contributed by atoms with Crippen molar-refractivity contribution in [3.8, 4) is 0 Å². The van der Waals surface area contributed by atoms with Crippen molar-refractivity contribution in [1.29, 1.82) is 0 Å². The van der Waals surface area contributed by atoms with Crippen LogP contribution in [0.5, 0.6) is 0 Å². The summed E-state index contributed by atoms with van der Waals surface area (Å²) in [6.07, 6.45) is 18.5. The largest absolute Gasteiger partial charge is 0.0990 e. The van der Waals surface area contributed by atoms with Crippen molar-refractivity contribution >= 4 is 13.5 Å². The van der Waals surface area contributed by atoms with E-state index in [-0.39, 0.29) is 7.92 Å². The van der Waals surface area contributed by atoms with E-state index in [0.717, 1.165) is 11.3 Å². The Balaban J connectivity index is 2.01. The van der Waals surface area contributed by atoms with Crippen molar-refractivity contribution in [2.45, 2.75) is 96.3 Å². The van der Waals surface area contributed by atoms with E-state index in [0.29, 0.717) is 0 Å². The van der Waals surface area contributed by atoms with Gasteiger partial charge in [0.1, 0.15) is 0 Å². The maximum atomic E-state index is 4.82. The minimum Gasteiger partial charge on any atom is -0.0990 e. The van der Waals surface area contributed by atoms with Gasteiger partial charge in [0.15, 0.2) is 0 Å². The molecule has 2 fully saturated rings. The summed E-state index contributed by atoms with van der Waals surface area (Å²) >= 11 is 0. The minimum atomic E-state index is -0.176. The second kappa shape index (κ2) is 10.1. The van der Waals surface area contributed by atoms with Gasteiger partial charge in [-0.2, -0.15) is 0 Å². The third-order valence-electron chi connectivity index (χ3n) is 6.79. The molecule has 2 aliphatic rings. The number of rotatable bonds is 6. The van der Waals surface area contributed by atoms with E-state index in [1.165, 1.54) is 97.3 Å². The summed E-state index contributed by atoms with van der Waals surface area (Å²) in [6, 6.07) is 4.66. The molecule has 0 amide bonds. The van der Waals surface area contributed by atoms with Gasteiger partial charge in [-0.3, -0.25) is 0 Å². The topological polar surface area (TPSA) is 0 Å². The van der Waals surface area contributed by atoms with Crippen LogP contribution in [0.15, 0.2) is 42.8 Å². The molecule has 0 unspecified atom stereocenters. The van der Waals surface area contributed by atoms with Crippen molar-refractivity contribution in [1.82, 2.24) is 0 Å². The van der Waals surface area contributed by atoms with Crippen LogP contribution in [-0.2, 0) is 0 Å².